The molecule has 0 heterocycles. The maximum Gasteiger partial charge on any atom is 0.0684 e. The van der Waals surface area contributed by atoms with E-state index in [0.717, 1.165) is 18.4 Å². The van der Waals surface area contributed by atoms with Crippen LogP contribution in [-0.2, 0) is 13.0 Å². The molecule has 0 radical (unpaired) electrons. The smallest absolute Gasteiger partial charge is 0.0684 e. The van der Waals surface area contributed by atoms with Crippen LogP contribution in [0.5, 0.6) is 0 Å². The first-order valence-electron chi connectivity index (χ1n) is 4.17. The van der Waals surface area contributed by atoms with Crippen molar-refractivity contribution >= 4 is 0 Å². The molecule has 1 rings (SSSR count). The highest BCUT2D eigenvalue weighted by molar-refractivity contribution is 5.26. The van der Waals surface area contributed by atoms with E-state index < -0.39 is 0 Å². The summed E-state index contributed by atoms with van der Waals surface area (Å²) in [5, 5.41) is 8.99. The number of aliphatic hydroxyl groups is 1. The van der Waals surface area contributed by atoms with Crippen LogP contribution in [0.2, 0.25) is 0 Å². The Morgan fingerprint density at radius 2 is 1.92 bits per heavy atom. The maximum atomic E-state index is 8.99. The lowest BCUT2D eigenvalue weighted by Gasteiger charge is -2.04. The van der Waals surface area contributed by atoms with Crippen LogP contribution in [0, 0.1) is 0 Å². The van der Waals surface area contributed by atoms with Gasteiger partial charge in [0.2, 0.25) is 0 Å². The first-order chi connectivity index (χ1) is 5.88. The van der Waals surface area contributed by atoms with Crippen molar-refractivity contribution in [3.8, 4) is 0 Å². The Morgan fingerprint density at radius 1 is 1.25 bits per heavy atom. The minimum atomic E-state index is 0.132. The molecular formula is C11H14O. The fourth-order valence-corrected chi connectivity index (χ4v) is 1.21. The van der Waals surface area contributed by atoms with Crippen LogP contribution in [0.4, 0.5) is 0 Å². The van der Waals surface area contributed by atoms with Gasteiger partial charge in [0.05, 0.1) is 6.61 Å². The van der Waals surface area contributed by atoms with Gasteiger partial charge in [0.15, 0.2) is 0 Å². The summed E-state index contributed by atoms with van der Waals surface area (Å²) in [7, 11) is 0. The molecule has 0 atom stereocenters. The predicted octanol–water partition coefficient (Wildman–Crippen LogP) is 2.30. The highest BCUT2D eigenvalue weighted by Gasteiger charge is 1.97. The molecule has 0 aliphatic carbocycles. The Morgan fingerprint density at radius 3 is 2.50 bits per heavy atom. The molecule has 64 valence electrons. The molecule has 0 amide bonds. The van der Waals surface area contributed by atoms with Crippen molar-refractivity contribution in [1.29, 1.82) is 0 Å². The van der Waals surface area contributed by atoms with Crippen LogP contribution >= 0.6 is 0 Å². The lowest BCUT2D eigenvalue weighted by atomic mass is 10.0. The van der Waals surface area contributed by atoms with Crippen molar-refractivity contribution in [2.45, 2.75) is 19.4 Å². The maximum absolute atomic E-state index is 8.99. The van der Waals surface area contributed by atoms with Crippen LogP contribution in [0.25, 0.3) is 0 Å². The van der Waals surface area contributed by atoms with Crippen molar-refractivity contribution in [2.24, 2.45) is 0 Å². The molecule has 0 fully saturated rings. The second-order valence-electron chi connectivity index (χ2n) is 2.75. The van der Waals surface area contributed by atoms with Crippen molar-refractivity contribution in [3.05, 3.63) is 48.0 Å². The van der Waals surface area contributed by atoms with Crippen LogP contribution in [0.1, 0.15) is 17.5 Å². The summed E-state index contributed by atoms with van der Waals surface area (Å²) in [6.45, 7) is 3.80. The molecule has 0 aromatic heterocycles. The van der Waals surface area contributed by atoms with E-state index >= 15 is 0 Å². The third-order valence-corrected chi connectivity index (χ3v) is 1.91. The summed E-state index contributed by atoms with van der Waals surface area (Å²) < 4.78 is 0. The predicted molar refractivity (Wildman–Crippen MR) is 50.9 cm³/mol. The fraction of sp³-hybridized carbons (Fsp3) is 0.273. The third-order valence-electron chi connectivity index (χ3n) is 1.91. The Bertz CT molecular complexity index is 253. The highest BCUT2D eigenvalue weighted by Crippen LogP contribution is 2.10. The quantitative estimate of drug-likeness (QED) is 0.673. The van der Waals surface area contributed by atoms with Gasteiger partial charge < -0.3 is 5.11 Å². The second kappa shape index (κ2) is 4.73. The summed E-state index contributed by atoms with van der Waals surface area (Å²) in [4.78, 5) is 0. The Hall–Kier alpha value is -1.08. The van der Waals surface area contributed by atoms with Crippen LogP contribution < -0.4 is 0 Å². The van der Waals surface area contributed by atoms with E-state index in [1.807, 2.05) is 24.3 Å². The SMILES string of the molecule is C=CCCc1ccccc1CO. The molecule has 1 nitrogen and oxygen atoms in total. The van der Waals surface area contributed by atoms with E-state index in [1.165, 1.54) is 5.56 Å². The lowest BCUT2D eigenvalue weighted by molar-refractivity contribution is 0.280. The van der Waals surface area contributed by atoms with Crippen LogP contribution in [-0.4, -0.2) is 5.11 Å². The van der Waals surface area contributed by atoms with Gasteiger partial charge in [-0.2, -0.15) is 0 Å². The summed E-state index contributed by atoms with van der Waals surface area (Å²) in [5.41, 5.74) is 2.25. The van der Waals surface area contributed by atoms with Gasteiger partial charge in [-0.25, -0.2) is 0 Å². The molecule has 1 aromatic carbocycles. The molecule has 12 heavy (non-hydrogen) atoms. The van der Waals surface area contributed by atoms with E-state index in [-0.39, 0.29) is 6.61 Å². The first-order valence-corrected chi connectivity index (χ1v) is 4.17. The largest absolute Gasteiger partial charge is 0.392 e. The van der Waals surface area contributed by atoms with E-state index in [2.05, 4.69) is 12.6 Å². The molecular weight excluding hydrogens is 148 g/mol. The van der Waals surface area contributed by atoms with E-state index in [4.69, 9.17) is 5.11 Å². The Kier molecular flexibility index (Phi) is 3.55. The highest BCUT2D eigenvalue weighted by atomic mass is 16.3. The summed E-state index contributed by atoms with van der Waals surface area (Å²) in [5.74, 6) is 0. The molecule has 0 spiro atoms. The molecule has 1 heteroatoms. The Balaban J connectivity index is 2.74. The molecule has 0 unspecified atom stereocenters. The molecule has 0 saturated carbocycles. The number of aryl methyl sites for hydroxylation is 1. The van der Waals surface area contributed by atoms with Gasteiger partial charge in [0.25, 0.3) is 0 Å². The molecule has 1 N–H and O–H groups in total. The Labute approximate surface area is 73.4 Å². The summed E-state index contributed by atoms with van der Waals surface area (Å²) >= 11 is 0. The normalized spacial score (nSPS) is 9.75. The monoisotopic (exact) mass is 162 g/mol. The van der Waals surface area contributed by atoms with E-state index in [0.29, 0.717) is 0 Å². The van der Waals surface area contributed by atoms with Gasteiger partial charge in [0, 0.05) is 0 Å². The second-order valence-corrected chi connectivity index (χ2v) is 2.75. The van der Waals surface area contributed by atoms with E-state index in [1.54, 1.807) is 0 Å². The summed E-state index contributed by atoms with van der Waals surface area (Å²) in [6, 6.07) is 7.95. The molecule has 1 aromatic rings. The molecule has 0 saturated heterocycles. The minimum absolute atomic E-state index is 0.132. The van der Waals surface area contributed by atoms with Gasteiger partial charge in [-0.1, -0.05) is 30.3 Å². The minimum Gasteiger partial charge on any atom is -0.392 e. The van der Waals surface area contributed by atoms with Crippen molar-refractivity contribution in [3.63, 3.8) is 0 Å². The zero-order valence-corrected chi connectivity index (χ0v) is 7.16. The fourth-order valence-electron chi connectivity index (χ4n) is 1.21. The van der Waals surface area contributed by atoms with Gasteiger partial charge >= 0.3 is 0 Å². The van der Waals surface area contributed by atoms with Gasteiger partial charge in [0.1, 0.15) is 0 Å². The zero-order valence-electron chi connectivity index (χ0n) is 7.16. The van der Waals surface area contributed by atoms with Gasteiger partial charge in [-0.3, -0.25) is 0 Å². The van der Waals surface area contributed by atoms with Crippen LogP contribution in [0.15, 0.2) is 36.9 Å². The first kappa shape index (κ1) is 9.01. The number of allylic oxidation sites excluding steroid dienone is 1. The lowest BCUT2D eigenvalue weighted by Crippen LogP contribution is -1.92. The van der Waals surface area contributed by atoms with Crippen molar-refractivity contribution in [2.75, 3.05) is 0 Å². The number of hydrogen-bond donors (Lipinski definition) is 1. The molecule has 0 aliphatic heterocycles. The number of hydrogen-bond acceptors (Lipinski definition) is 1. The van der Waals surface area contributed by atoms with Gasteiger partial charge in [-0.05, 0) is 24.0 Å². The van der Waals surface area contributed by atoms with Crippen LogP contribution in [0.3, 0.4) is 0 Å². The summed E-state index contributed by atoms with van der Waals surface area (Å²) in [6.07, 6.45) is 3.84. The van der Waals surface area contributed by atoms with E-state index in [9.17, 15) is 0 Å². The molecule has 0 bridgehead atoms. The molecule has 0 aliphatic rings. The van der Waals surface area contributed by atoms with Crippen molar-refractivity contribution < 1.29 is 5.11 Å². The average molecular weight is 162 g/mol. The third kappa shape index (κ3) is 2.21. The topological polar surface area (TPSA) is 20.2 Å². The number of benzene rings is 1. The van der Waals surface area contributed by atoms with Crippen molar-refractivity contribution in [1.82, 2.24) is 0 Å². The average Bonchev–Trinajstić information content (AvgIpc) is 2.15. The van der Waals surface area contributed by atoms with Gasteiger partial charge in [-0.15, -0.1) is 6.58 Å². The standard InChI is InChI=1S/C11H14O/c1-2-3-6-10-7-4-5-8-11(10)9-12/h2,4-5,7-8,12H,1,3,6,9H2. The number of rotatable bonds is 4. The zero-order chi connectivity index (χ0) is 8.81. The number of aliphatic hydroxyl groups excluding tert-OH is 1.